The molecule has 0 aliphatic rings. The van der Waals surface area contributed by atoms with E-state index in [0.29, 0.717) is 0 Å². The zero-order chi connectivity index (χ0) is 13.8. The third-order valence-corrected chi connectivity index (χ3v) is 4.86. The molecule has 1 unspecified atom stereocenters. The van der Waals surface area contributed by atoms with Crippen LogP contribution in [0.1, 0.15) is 17.2 Å². The number of nitrogens with two attached hydrogens (primary N) is 1. The van der Waals surface area contributed by atoms with Crippen molar-refractivity contribution in [1.82, 2.24) is 0 Å². The zero-order valence-corrected chi connectivity index (χ0v) is 13.7. The van der Waals surface area contributed by atoms with E-state index in [1.54, 1.807) is 11.8 Å². The summed E-state index contributed by atoms with van der Waals surface area (Å²) >= 11 is 11.3. The predicted octanol–water partition coefficient (Wildman–Crippen LogP) is 5.20. The van der Waals surface area contributed by atoms with Crippen LogP contribution in [0.15, 0.2) is 51.8 Å². The minimum Gasteiger partial charge on any atom is -0.323 e. The molecule has 0 aliphatic heterocycles. The lowest BCUT2D eigenvalue weighted by Crippen LogP contribution is -2.12. The average molecular weight is 357 g/mol. The highest BCUT2D eigenvalue weighted by atomic mass is 79.9. The number of hydrogen-bond acceptors (Lipinski definition) is 2. The first-order valence-electron chi connectivity index (χ1n) is 5.96. The molecule has 100 valence electrons. The quantitative estimate of drug-likeness (QED) is 0.762. The van der Waals surface area contributed by atoms with Crippen LogP contribution < -0.4 is 5.73 Å². The van der Waals surface area contributed by atoms with Crippen molar-refractivity contribution in [3.63, 3.8) is 0 Å². The summed E-state index contributed by atoms with van der Waals surface area (Å²) in [6.45, 7) is 1.99. The Morgan fingerprint density at radius 2 is 2.05 bits per heavy atom. The average Bonchev–Trinajstić information content (AvgIpc) is 2.39. The van der Waals surface area contributed by atoms with E-state index in [9.17, 15) is 0 Å². The lowest BCUT2D eigenvalue weighted by atomic mass is 10.1. The van der Waals surface area contributed by atoms with Crippen LogP contribution in [-0.4, -0.2) is 5.75 Å². The van der Waals surface area contributed by atoms with Gasteiger partial charge in [-0.05, 0) is 42.3 Å². The molecule has 1 nitrogen and oxygen atoms in total. The second-order valence-electron chi connectivity index (χ2n) is 4.38. The van der Waals surface area contributed by atoms with Gasteiger partial charge in [-0.3, -0.25) is 0 Å². The van der Waals surface area contributed by atoms with E-state index < -0.39 is 0 Å². The van der Waals surface area contributed by atoms with Crippen molar-refractivity contribution < 1.29 is 0 Å². The Balaban J connectivity index is 2.01. The van der Waals surface area contributed by atoms with Crippen molar-refractivity contribution in [2.24, 2.45) is 5.73 Å². The number of thioether (sulfide) groups is 1. The highest BCUT2D eigenvalue weighted by Gasteiger charge is 2.08. The smallest absolute Gasteiger partial charge is 0.0438 e. The van der Waals surface area contributed by atoms with E-state index in [1.807, 2.05) is 37.3 Å². The third-order valence-electron chi connectivity index (χ3n) is 2.85. The monoisotopic (exact) mass is 355 g/mol. The summed E-state index contributed by atoms with van der Waals surface area (Å²) in [5.74, 6) is 0.829. The molecule has 19 heavy (non-hydrogen) atoms. The fourth-order valence-electron chi connectivity index (χ4n) is 1.68. The third kappa shape index (κ3) is 4.25. The van der Waals surface area contributed by atoms with Crippen molar-refractivity contribution >= 4 is 39.3 Å². The van der Waals surface area contributed by atoms with Crippen LogP contribution in [0.5, 0.6) is 0 Å². The van der Waals surface area contributed by atoms with Crippen LogP contribution in [0.4, 0.5) is 0 Å². The van der Waals surface area contributed by atoms with Gasteiger partial charge < -0.3 is 5.73 Å². The van der Waals surface area contributed by atoms with Crippen molar-refractivity contribution in [2.45, 2.75) is 17.9 Å². The lowest BCUT2D eigenvalue weighted by Gasteiger charge is -2.13. The second kappa shape index (κ2) is 6.80. The molecule has 0 fully saturated rings. The van der Waals surface area contributed by atoms with E-state index >= 15 is 0 Å². The van der Waals surface area contributed by atoms with Crippen LogP contribution >= 0.6 is 39.3 Å². The Bertz CT molecular complexity index is 574. The minimum absolute atomic E-state index is 0.0120. The summed E-state index contributed by atoms with van der Waals surface area (Å²) in [4.78, 5) is 1.21. The topological polar surface area (TPSA) is 26.0 Å². The molecule has 0 aromatic heterocycles. The molecule has 2 N–H and O–H groups in total. The van der Waals surface area contributed by atoms with E-state index in [-0.39, 0.29) is 6.04 Å². The van der Waals surface area contributed by atoms with Gasteiger partial charge in [0.05, 0.1) is 0 Å². The minimum atomic E-state index is -0.0120. The molecule has 0 radical (unpaired) electrons. The maximum atomic E-state index is 6.21. The fraction of sp³-hybridized carbons (Fsp3) is 0.200. The Hall–Kier alpha value is -0.480. The van der Waals surface area contributed by atoms with Crippen LogP contribution in [0, 0.1) is 6.92 Å². The highest BCUT2D eigenvalue weighted by molar-refractivity contribution is 9.10. The summed E-state index contributed by atoms with van der Waals surface area (Å²) in [5.41, 5.74) is 8.37. The Labute approximate surface area is 131 Å². The summed E-state index contributed by atoms with van der Waals surface area (Å²) in [7, 11) is 0. The molecule has 0 amide bonds. The van der Waals surface area contributed by atoms with Gasteiger partial charge in [0.1, 0.15) is 0 Å². The first-order chi connectivity index (χ1) is 9.06. The first-order valence-corrected chi connectivity index (χ1v) is 8.12. The largest absolute Gasteiger partial charge is 0.323 e. The molecule has 2 aromatic rings. The lowest BCUT2D eigenvalue weighted by molar-refractivity contribution is 0.831. The Kier molecular flexibility index (Phi) is 5.34. The number of halogens is 2. The zero-order valence-electron chi connectivity index (χ0n) is 10.6. The number of aryl methyl sites for hydroxylation is 1. The summed E-state index contributed by atoms with van der Waals surface area (Å²) in [5, 5.41) is 0.778. The van der Waals surface area contributed by atoms with Gasteiger partial charge in [0.2, 0.25) is 0 Å². The number of rotatable bonds is 4. The van der Waals surface area contributed by atoms with Crippen molar-refractivity contribution in [2.75, 3.05) is 5.75 Å². The second-order valence-corrected chi connectivity index (χ2v) is 6.80. The van der Waals surface area contributed by atoms with Crippen molar-refractivity contribution in [3.8, 4) is 0 Å². The molecule has 0 saturated carbocycles. The molecule has 0 aliphatic carbocycles. The standard InChI is InChI=1S/C15H15BrClNS/c1-10-5-6-11(7-14(10)17)15(18)9-19-13-4-2-3-12(16)8-13/h2-8,15H,9,18H2,1H3. The van der Waals surface area contributed by atoms with Gasteiger partial charge in [-0.1, -0.05) is 45.7 Å². The molecule has 0 saturated heterocycles. The maximum Gasteiger partial charge on any atom is 0.0438 e. The molecular formula is C15H15BrClNS. The normalized spacial score (nSPS) is 12.4. The van der Waals surface area contributed by atoms with Crippen LogP contribution in [-0.2, 0) is 0 Å². The van der Waals surface area contributed by atoms with E-state index in [0.717, 1.165) is 26.4 Å². The van der Waals surface area contributed by atoms with Crippen LogP contribution in [0.25, 0.3) is 0 Å². The fourth-order valence-corrected chi connectivity index (χ4v) is 3.37. The molecular weight excluding hydrogens is 342 g/mol. The molecule has 2 rings (SSSR count). The van der Waals surface area contributed by atoms with E-state index in [2.05, 4.69) is 28.1 Å². The molecule has 0 heterocycles. The van der Waals surface area contributed by atoms with Crippen molar-refractivity contribution in [3.05, 3.63) is 63.1 Å². The maximum absolute atomic E-state index is 6.21. The van der Waals surface area contributed by atoms with Gasteiger partial charge >= 0.3 is 0 Å². The van der Waals surface area contributed by atoms with Gasteiger partial charge in [-0.15, -0.1) is 11.8 Å². The van der Waals surface area contributed by atoms with Crippen molar-refractivity contribution in [1.29, 1.82) is 0 Å². The van der Waals surface area contributed by atoms with Gasteiger partial charge in [0.15, 0.2) is 0 Å². The summed E-state index contributed by atoms with van der Waals surface area (Å²) < 4.78 is 1.09. The predicted molar refractivity (Wildman–Crippen MR) is 88.0 cm³/mol. The number of hydrogen-bond donors (Lipinski definition) is 1. The molecule has 4 heteroatoms. The van der Waals surface area contributed by atoms with Gasteiger partial charge in [-0.25, -0.2) is 0 Å². The van der Waals surface area contributed by atoms with Crippen LogP contribution in [0.2, 0.25) is 5.02 Å². The first kappa shape index (κ1) is 14.9. The van der Waals surface area contributed by atoms with Gasteiger partial charge in [0, 0.05) is 26.2 Å². The molecule has 0 spiro atoms. The van der Waals surface area contributed by atoms with E-state index in [1.165, 1.54) is 4.90 Å². The Morgan fingerprint density at radius 1 is 1.26 bits per heavy atom. The molecule has 2 aromatic carbocycles. The van der Waals surface area contributed by atoms with Gasteiger partial charge in [-0.2, -0.15) is 0 Å². The summed E-state index contributed by atoms with van der Waals surface area (Å²) in [6.07, 6.45) is 0. The van der Waals surface area contributed by atoms with Crippen LogP contribution in [0.3, 0.4) is 0 Å². The van der Waals surface area contributed by atoms with Gasteiger partial charge in [0.25, 0.3) is 0 Å². The molecule has 0 bridgehead atoms. The molecule has 1 atom stereocenters. The Morgan fingerprint density at radius 3 is 2.74 bits per heavy atom. The van der Waals surface area contributed by atoms with E-state index in [4.69, 9.17) is 17.3 Å². The summed E-state index contributed by atoms with van der Waals surface area (Å²) in [6, 6.07) is 14.2. The SMILES string of the molecule is Cc1ccc(C(N)CSc2cccc(Br)c2)cc1Cl. The highest BCUT2D eigenvalue weighted by Crippen LogP contribution is 2.27. The number of benzene rings is 2.